The van der Waals surface area contributed by atoms with Crippen LogP contribution in [0.1, 0.15) is 41.5 Å². The van der Waals surface area contributed by atoms with Crippen LogP contribution in [-0.2, 0) is 16.1 Å². The Hall–Kier alpha value is -2.18. The van der Waals surface area contributed by atoms with Crippen molar-refractivity contribution in [2.45, 2.75) is 32.1 Å². The summed E-state index contributed by atoms with van der Waals surface area (Å²) < 4.78 is 13.0. The molecule has 0 radical (unpaired) electrons. The minimum absolute atomic E-state index is 0.0243. The SMILES string of the molecule is CC1(C)OC(=O)c2ccccc2C1n1cncc1COCCO. The van der Waals surface area contributed by atoms with E-state index in [2.05, 4.69) is 4.98 Å². The summed E-state index contributed by atoms with van der Waals surface area (Å²) in [5.74, 6) is -0.306. The molecule has 3 rings (SSSR count). The van der Waals surface area contributed by atoms with E-state index in [4.69, 9.17) is 14.6 Å². The number of nitrogens with zero attached hydrogens (tertiary/aromatic N) is 2. The Bertz CT molecular complexity index is 708. The summed E-state index contributed by atoms with van der Waals surface area (Å²) >= 11 is 0. The van der Waals surface area contributed by atoms with Crippen LogP contribution in [0.2, 0.25) is 0 Å². The summed E-state index contributed by atoms with van der Waals surface area (Å²) in [6.45, 7) is 4.37. The minimum Gasteiger partial charge on any atom is -0.453 e. The fourth-order valence-electron chi connectivity index (χ4n) is 3.05. The average Bonchev–Trinajstić information content (AvgIpc) is 2.95. The van der Waals surface area contributed by atoms with Crippen molar-refractivity contribution in [2.24, 2.45) is 0 Å². The lowest BCUT2D eigenvalue weighted by molar-refractivity contribution is -0.0275. The number of carbonyl (C=O) groups excluding carboxylic acids is 1. The average molecular weight is 316 g/mol. The fourth-order valence-corrected chi connectivity index (χ4v) is 3.05. The Kier molecular flexibility index (Phi) is 4.19. The molecule has 2 heterocycles. The van der Waals surface area contributed by atoms with Gasteiger partial charge in [-0.3, -0.25) is 0 Å². The number of hydrogen-bond donors (Lipinski definition) is 1. The molecule has 0 aliphatic carbocycles. The second kappa shape index (κ2) is 6.14. The van der Waals surface area contributed by atoms with Gasteiger partial charge in [0.15, 0.2) is 0 Å². The van der Waals surface area contributed by atoms with Crippen molar-refractivity contribution in [3.05, 3.63) is 53.6 Å². The van der Waals surface area contributed by atoms with Gasteiger partial charge in [0.25, 0.3) is 0 Å². The van der Waals surface area contributed by atoms with E-state index in [-0.39, 0.29) is 25.2 Å². The van der Waals surface area contributed by atoms with Crippen molar-refractivity contribution < 1.29 is 19.4 Å². The van der Waals surface area contributed by atoms with Crippen molar-refractivity contribution >= 4 is 5.97 Å². The van der Waals surface area contributed by atoms with Crippen molar-refractivity contribution in [2.75, 3.05) is 13.2 Å². The van der Waals surface area contributed by atoms with Crippen LogP contribution in [0.5, 0.6) is 0 Å². The van der Waals surface area contributed by atoms with Crippen LogP contribution in [-0.4, -0.2) is 39.4 Å². The highest BCUT2D eigenvalue weighted by molar-refractivity contribution is 5.93. The Labute approximate surface area is 134 Å². The normalized spacial score (nSPS) is 19.3. The van der Waals surface area contributed by atoms with Crippen LogP contribution in [0.15, 0.2) is 36.8 Å². The predicted octanol–water partition coefficient (Wildman–Crippen LogP) is 1.93. The number of aliphatic hydroxyl groups excluding tert-OH is 1. The van der Waals surface area contributed by atoms with Crippen molar-refractivity contribution in [3.8, 4) is 0 Å². The molecule has 0 amide bonds. The Balaban J connectivity index is 2.03. The maximum atomic E-state index is 12.2. The van der Waals surface area contributed by atoms with Crippen LogP contribution in [0.4, 0.5) is 0 Å². The Morgan fingerprint density at radius 3 is 2.96 bits per heavy atom. The second-order valence-corrected chi connectivity index (χ2v) is 6.05. The number of benzene rings is 1. The third-order valence-electron chi connectivity index (χ3n) is 4.00. The van der Waals surface area contributed by atoms with E-state index >= 15 is 0 Å². The molecule has 2 aromatic rings. The summed E-state index contributed by atoms with van der Waals surface area (Å²) in [4.78, 5) is 16.4. The molecule has 1 aliphatic rings. The van der Waals surface area contributed by atoms with Gasteiger partial charge < -0.3 is 19.1 Å². The first kappa shape index (κ1) is 15.7. The summed E-state index contributed by atoms with van der Waals surface area (Å²) in [5.41, 5.74) is 1.64. The van der Waals surface area contributed by atoms with Gasteiger partial charge in [0.2, 0.25) is 0 Å². The molecule has 122 valence electrons. The highest BCUT2D eigenvalue weighted by Crippen LogP contribution is 2.40. The monoisotopic (exact) mass is 316 g/mol. The van der Waals surface area contributed by atoms with Gasteiger partial charge in [-0.05, 0) is 25.5 Å². The van der Waals surface area contributed by atoms with Gasteiger partial charge in [-0.25, -0.2) is 9.78 Å². The first-order valence-electron chi connectivity index (χ1n) is 7.56. The molecule has 1 aromatic heterocycles. The number of cyclic esters (lactones) is 1. The van der Waals surface area contributed by atoms with Crippen LogP contribution in [0, 0.1) is 0 Å². The number of esters is 1. The molecule has 1 aliphatic heterocycles. The third-order valence-corrected chi connectivity index (χ3v) is 4.00. The van der Waals surface area contributed by atoms with Gasteiger partial charge in [-0.15, -0.1) is 0 Å². The quantitative estimate of drug-likeness (QED) is 0.674. The molecule has 1 unspecified atom stereocenters. The molecule has 1 N–H and O–H groups in total. The van der Waals surface area contributed by atoms with Gasteiger partial charge in [-0.2, -0.15) is 0 Å². The van der Waals surface area contributed by atoms with E-state index in [0.717, 1.165) is 11.3 Å². The van der Waals surface area contributed by atoms with Crippen molar-refractivity contribution in [3.63, 3.8) is 0 Å². The number of aromatic nitrogens is 2. The number of fused-ring (bicyclic) bond motifs is 1. The zero-order chi connectivity index (χ0) is 16.4. The van der Waals surface area contributed by atoms with Gasteiger partial charge in [0.05, 0.1) is 49.6 Å². The van der Waals surface area contributed by atoms with E-state index in [1.807, 2.05) is 36.6 Å². The molecule has 23 heavy (non-hydrogen) atoms. The molecule has 0 saturated carbocycles. The Morgan fingerprint density at radius 1 is 1.39 bits per heavy atom. The first-order chi connectivity index (χ1) is 11.0. The summed E-state index contributed by atoms with van der Waals surface area (Å²) in [6.07, 6.45) is 3.45. The molecule has 6 nitrogen and oxygen atoms in total. The standard InChI is InChI=1S/C17H20N2O4/c1-17(2)15(13-5-3-4-6-14(13)16(21)23-17)19-11-18-9-12(19)10-22-8-7-20/h3-6,9,11,15,20H,7-8,10H2,1-2H3. The summed E-state index contributed by atoms with van der Waals surface area (Å²) in [7, 11) is 0. The molecular formula is C17H20N2O4. The van der Waals surface area contributed by atoms with Crippen LogP contribution in [0.3, 0.4) is 0 Å². The highest BCUT2D eigenvalue weighted by Gasteiger charge is 2.43. The van der Waals surface area contributed by atoms with Crippen LogP contribution >= 0.6 is 0 Å². The van der Waals surface area contributed by atoms with E-state index in [1.165, 1.54) is 0 Å². The molecule has 6 heteroatoms. The number of ether oxygens (including phenoxy) is 2. The predicted molar refractivity (Wildman–Crippen MR) is 83.0 cm³/mol. The van der Waals surface area contributed by atoms with E-state index in [0.29, 0.717) is 12.2 Å². The van der Waals surface area contributed by atoms with Crippen LogP contribution in [0.25, 0.3) is 0 Å². The topological polar surface area (TPSA) is 73.6 Å². The van der Waals surface area contributed by atoms with Gasteiger partial charge in [0, 0.05) is 0 Å². The number of rotatable bonds is 5. The highest BCUT2D eigenvalue weighted by atomic mass is 16.6. The first-order valence-corrected chi connectivity index (χ1v) is 7.56. The third kappa shape index (κ3) is 2.87. The molecule has 0 bridgehead atoms. The number of hydrogen-bond acceptors (Lipinski definition) is 5. The van der Waals surface area contributed by atoms with Gasteiger partial charge in [-0.1, -0.05) is 18.2 Å². The molecule has 1 atom stereocenters. The maximum absolute atomic E-state index is 12.2. The number of carbonyl (C=O) groups is 1. The summed E-state index contributed by atoms with van der Waals surface area (Å²) in [6, 6.07) is 7.28. The van der Waals surface area contributed by atoms with Crippen molar-refractivity contribution in [1.82, 2.24) is 9.55 Å². The molecular weight excluding hydrogens is 296 g/mol. The van der Waals surface area contributed by atoms with Gasteiger partial charge in [0.1, 0.15) is 5.60 Å². The smallest absolute Gasteiger partial charge is 0.339 e. The van der Waals surface area contributed by atoms with Crippen LogP contribution < -0.4 is 0 Å². The van der Waals surface area contributed by atoms with E-state index in [9.17, 15) is 4.79 Å². The molecule has 0 fully saturated rings. The number of aliphatic hydroxyl groups is 1. The zero-order valence-corrected chi connectivity index (χ0v) is 13.2. The summed E-state index contributed by atoms with van der Waals surface area (Å²) in [5, 5.41) is 8.85. The maximum Gasteiger partial charge on any atom is 0.339 e. The fraction of sp³-hybridized carbons (Fsp3) is 0.412. The van der Waals surface area contributed by atoms with E-state index < -0.39 is 5.60 Å². The van der Waals surface area contributed by atoms with Crippen molar-refractivity contribution in [1.29, 1.82) is 0 Å². The molecule has 0 spiro atoms. The lowest BCUT2D eigenvalue weighted by Gasteiger charge is -2.40. The Morgan fingerprint density at radius 2 is 2.17 bits per heavy atom. The lowest BCUT2D eigenvalue weighted by atomic mass is 9.85. The second-order valence-electron chi connectivity index (χ2n) is 6.05. The van der Waals surface area contributed by atoms with Gasteiger partial charge >= 0.3 is 5.97 Å². The van der Waals surface area contributed by atoms with E-state index in [1.54, 1.807) is 18.6 Å². The largest absolute Gasteiger partial charge is 0.453 e. The molecule has 0 saturated heterocycles. The zero-order valence-electron chi connectivity index (χ0n) is 13.2. The number of imidazole rings is 1. The lowest BCUT2D eigenvalue weighted by Crippen LogP contribution is -2.44. The minimum atomic E-state index is -0.710. The molecule has 1 aromatic carbocycles.